The van der Waals surface area contributed by atoms with Crippen LogP contribution in [0.5, 0.6) is 0 Å². The summed E-state index contributed by atoms with van der Waals surface area (Å²) < 4.78 is 0. The molecule has 3 rings (SSSR count). The molecular weight excluding hydrogens is 556 g/mol. The number of amides is 2. The molecule has 0 heterocycles. The highest BCUT2D eigenvalue weighted by molar-refractivity contribution is 5.95. The molecule has 1 atom stereocenters. The summed E-state index contributed by atoms with van der Waals surface area (Å²) in [4.78, 5) is 49.9. The molecule has 3 aromatic rings. The van der Waals surface area contributed by atoms with Gasteiger partial charge in [-0.1, -0.05) is 72.8 Å². The Labute approximate surface area is 247 Å². The fourth-order valence-corrected chi connectivity index (χ4v) is 4.34. The van der Waals surface area contributed by atoms with Crippen LogP contribution in [0, 0.1) is 15.5 Å². The zero-order valence-corrected chi connectivity index (χ0v) is 23.1. The number of carboxylic acids is 1. The first kappa shape index (κ1) is 31.7. The van der Waals surface area contributed by atoms with Crippen LogP contribution in [0.2, 0.25) is 0 Å². The first-order valence-corrected chi connectivity index (χ1v) is 13.2. The van der Waals surface area contributed by atoms with E-state index in [1.807, 2.05) is 60.7 Å². The molecular formula is C29H32N8O6. The van der Waals surface area contributed by atoms with Crippen molar-refractivity contribution in [1.82, 2.24) is 15.5 Å². The molecule has 0 aliphatic rings. The van der Waals surface area contributed by atoms with Gasteiger partial charge in [-0.3, -0.25) is 19.9 Å². The quantitative estimate of drug-likeness (QED) is 0.0738. The monoisotopic (exact) mass is 588 g/mol. The molecule has 0 fully saturated rings. The van der Waals surface area contributed by atoms with E-state index in [1.54, 1.807) is 12.1 Å². The Bertz CT molecular complexity index is 1430. The maximum Gasteiger partial charge on any atom is 0.335 e. The zero-order chi connectivity index (χ0) is 31.4. The van der Waals surface area contributed by atoms with Crippen LogP contribution in [0.25, 0.3) is 0 Å². The Morgan fingerprint density at radius 2 is 1.49 bits per heavy atom. The van der Waals surface area contributed by atoms with Crippen molar-refractivity contribution in [2.75, 3.05) is 6.54 Å². The minimum atomic E-state index is -1.08. The molecule has 0 saturated carbocycles. The average molecular weight is 589 g/mol. The molecule has 0 aliphatic carbocycles. The number of nitrogens with zero attached hydrogens (tertiary/aromatic N) is 3. The summed E-state index contributed by atoms with van der Waals surface area (Å²) in [6, 6.07) is 23.1. The largest absolute Gasteiger partial charge is 0.478 e. The maximum absolute atomic E-state index is 13.7. The van der Waals surface area contributed by atoms with Crippen LogP contribution in [0.3, 0.4) is 0 Å². The Morgan fingerprint density at radius 3 is 1.98 bits per heavy atom. The van der Waals surface area contributed by atoms with Crippen LogP contribution >= 0.6 is 0 Å². The topological polar surface area (TPSA) is 230 Å². The summed E-state index contributed by atoms with van der Waals surface area (Å²) in [5.74, 6) is -3.92. The van der Waals surface area contributed by atoms with Crippen molar-refractivity contribution in [3.63, 3.8) is 0 Å². The summed E-state index contributed by atoms with van der Waals surface area (Å²) >= 11 is 0. The molecule has 8 N–H and O–H groups in total. The van der Waals surface area contributed by atoms with Crippen LogP contribution in [-0.2, 0) is 16.1 Å². The molecule has 0 spiro atoms. The molecule has 3 aromatic carbocycles. The Morgan fingerprint density at radius 1 is 0.930 bits per heavy atom. The zero-order valence-electron chi connectivity index (χ0n) is 23.1. The molecule has 0 saturated heterocycles. The minimum Gasteiger partial charge on any atom is -0.478 e. The van der Waals surface area contributed by atoms with Gasteiger partial charge in [0.15, 0.2) is 11.0 Å². The number of nitrogens with two attached hydrogens (primary N) is 2. The number of carboxylic acid groups (broad SMARTS) is 1. The van der Waals surface area contributed by atoms with Gasteiger partial charge in [0, 0.05) is 13.1 Å². The number of guanidine groups is 2. The average Bonchev–Trinajstić information content (AvgIpc) is 2.98. The van der Waals surface area contributed by atoms with Crippen molar-refractivity contribution in [1.29, 1.82) is 5.41 Å². The first-order chi connectivity index (χ1) is 20.6. The van der Waals surface area contributed by atoms with E-state index in [2.05, 4.69) is 15.7 Å². The highest BCUT2D eigenvalue weighted by Gasteiger charge is 2.28. The van der Waals surface area contributed by atoms with E-state index in [-0.39, 0.29) is 31.5 Å². The van der Waals surface area contributed by atoms with Crippen molar-refractivity contribution in [3.8, 4) is 0 Å². The third-order valence-electron chi connectivity index (χ3n) is 6.45. The molecule has 0 aromatic heterocycles. The Hall–Kier alpha value is -5.79. The molecule has 2 amide bonds. The van der Waals surface area contributed by atoms with Crippen molar-refractivity contribution >= 4 is 29.7 Å². The number of hydrazone groups is 1. The molecule has 224 valence electrons. The van der Waals surface area contributed by atoms with Crippen LogP contribution < -0.4 is 22.1 Å². The van der Waals surface area contributed by atoms with Gasteiger partial charge >= 0.3 is 5.97 Å². The van der Waals surface area contributed by atoms with E-state index in [0.29, 0.717) is 5.56 Å². The van der Waals surface area contributed by atoms with E-state index < -0.39 is 46.7 Å². The van der Waals surface area contributed by atoms with Crippen molar-refractivity contribution in [2.24, 2.45) is 16.6 Å². The fourth-order valence-electron chi connectivity index (χ4n) is 4.34. The number of aromatic carboxylic acids is 1. The molecule has 0 aliphatic heterocycles. The maximum atomic E-state index is 13.7. The Kier molecular flexibility index (Phi) is 11.3. The second kappa shape index (κ2) is 15.3. The number of carbonyl (C=O) groups excluding carboxylic acids is 2. The predicted molar refractivity (Wildman–Crippen MR) is 158 cm³/mol. The van der Waals surface area contributed by atoms with Crippen LogP contribution in [0.1, 0.15) is 45.8 Å². The van der Waals surface area contributed by atoms with Crippen molar-refractivity contribution in [2.45, 2.75) is 31.3 Å². The lowest BCUT2D eigenvalue weighted by atomic mass is 9.90. The molecule has 0 bridgehead atoms. The third-order valence-corrected chi connectivity index (χ3v) is 6.45. The molecule has 14 nitrogen and oxygen atoms in total. The van der Waals surface area contributed by atoms with Gasteiger partial charge in [-0.05, 0) is 41.7 Å². The van der Waals surface area contributed by atoms with Crippen LogP contribution in [0.4, 0.5) is 0 Å². The summed E-state index contributed by atoms with van der Waals surface area (Å²) in [5.41, 5.74) is 13.3. The van der Waals surface area contributed by atoms with Gasteiger partial charge in [-0.15, -0.1) is 0 Å². The van der Waals surface area contributed by atoms with E-state index in [4.69, 9.17) is 22.0 Å². The van der Waals surface area contributed by atoms with E-state index in [1.165, 1.54) is 12.1 Å². The van der Waals surface area contributed by atoms with Gasteiger partial charge in [0.1, 0.15) is 11.1 Å². The SMILES string of the molecule is N=C(N)N(CCC[C@@H](NC(=O)C(c1ccccc1)c1ccccc1)C(=O)NCc1ccc(C(=O)O)cc1)C(N)=N[N+](=O)[O-]. The molecule has 0 unspecified atom stereocenters. The Balaban J connectivity index is 1.82. The summed E-state index contributed by atoms with van der Waals surface area (Å²) in [7, 11) is 0. The first-order valence-electron chi connectivity index (χ1n) is 13.2. The van der Waals surface area contributed by atoms with Crippen molar-refractivity contribution in [3.05, 3.63) is 117 Å². The van der Waals surface area contributed by atoms with Gasteiger partial charge in [0.05, 0.1) is 11.5 Å². The minimum absolute atomic E-state index is 0.0569. The van der Waals surface area contributed by atoms with E-state index >= 15 is 0 Å². The number of rotatable bonds is 13. The van der Waals surface area contributed by atoms with Crippen molar-refractivity contribution < 1.29 is 24.5 Å². The lowest BCUT2D eigenvalue weighted by molar-refractivity contribution is -0.485. The number of nitro groups is 1. The molecule has 0 radical (unpaired) electrons. The smallest absolute Gasteiger partial charge is 0.335 e. The second-order valence-electron chi connectivity index (χ2n) is 9.41. The van der Waals surface area contributed by atoms with Crippen LogP contribution in [-0.4, -0.2) is 57.3 Å². The van der Waals surface area contributed by atoms with Gasteiger partial charge in [-0.25, -0.2) is 14.9 Å². The summed E-state index contributed by atoms with van der Waals surface area (Å²) in [6.45, 7) is -0.0243. The van der Waals surface area contributed by atoms with Gasteiger partial charge < -0.3 is 27.2 Å². The van der Waals surface area contributed by atoms with Crippen LogP contribution in [0.15, 0.2) is 90.0 Å². The number of benzene rings is 3. The van der Waals surface area contributed by atoms with Gasteiger partial charge in [0.2, 0.25) is 11.8 Å². The predicted octanol–water partition coefficient (Wildman–Crippen LogP) is 1.80. The standard InChI is InChI=1S/C29H32N8O6/c30-28(31)36(29(32)35-37(42)43)17-7-12-23(25(38)33-18-19-13-15-22(16-14-19)27(40)41)34-26(39)24(20-8-3-1-4-9-20)21-10-5-2-6-11-21/h1-6,8-11,13-16,23-24H,7,12,17-18H2,(H3,30,31)(H2,32,35)(H,33,38)(H,34,39)(H,40,41)/t23-/m1/s1. The lowest BCUT2D eigenvalue weighted by Gasteiger charge is -2.24. The number of hydrogen-bond acceptors (Lipinski definition) is 6. The summed E-state index contributed by atoms with van der Waals surface area (Å²) in [5, 5.41) is 35.1. The number of carbonyl (C=O) groups is 3. The fraction of sp³-hybridized carbons (Fsp3) is 0.207. The molecule has 43 heavy (non-hydrogen) atoms. The normalized spacial score (nSPS) is 11.8. The lowest BCUT2D eigenvalue weighted by Crippen LogP contribution is -2.49. The van der Waals surface area contributed by atoms with Gasteiger partial charge in [-0.2, -0.15) is 0 Å². The second-order valence-corrected chi connectivity index (χ2v) is 9.41. The third kappa shape index (κ3) is 9.38. The number of hydrogen-bond donors (Lipinski definition) is 6. The number of nitrogens with one attached hydrogen (secondary N) is 3. The summed E-state index contributed by atoms with van der Waals surface area (Å²) in [6.07, 6.45) is 0.196. The highest BCUT2D eigenvalue weighted by atomic mass is 16.7. The van der Waals surface area contributed by atoms with E-state index in [9.17, 15) is 24.5 Å². The highest BCUT2D eigenvalue weighted by Crippen LogP contribution is 2.25. The van der Waals surface area contributed by atoms with E-state index in [0.717, 1.165) is 16.0 Å². The molecule has 14 heteroatoms. The van der Waals surface area contributed by atoms with Gasteiger partial charge in [0.25, 0.3) is 5.96 Å².